The molecule has 11 nitrogen and oxygen atoms in total. The Morgan fingerprint density at radius 3 is 2.77 bits per heavy atom. The first-order valence-electron chi connectivity index (χ1n) is 9.30. The number of aliphatic carboxylic acids is 1. The number of hydrogen-bond donors (Lipinski definition) is 4. The Bertz CT molecular complexity index is 1030. The van der Waals surface area contributed by atoms with Crippen molar-refractivity contribution in [3.05, 3.63) is 47.2 Å². The number of benzene rings is 1. The Morgan fingerprint density at radius 2 is 2.13 bits per heavy atom. The molecule has 2 amide bonds. The van der Waals surface area contributed by atoms with Gasteiger partial charge in [0.25, 0.3) is 5.91 Å². The maximum absolute atomic E-state index is 12.8. The highest BCUT2D eigenvalue weighted by molar-refractivity contribution is 8.01. The van der Waals surface area contributed by atoms with Crippen LogP contribution in [0.5, 0.6) is 0 Å². The number of rotatable bonds is 7. The molecule has 0 bridgehead atoms. The van der Waals surface area contributed by atoms with E-state index in [9.17, 15) is 19.5 Å². The van der Waals surface area contributed by atoms with Crippen molar-refractivity contribution in [1.29, 1.82) is 0 Å². The summed E-state index contributed by atoms with van der Waals surface area (Å²) in [5.74, 6) is -1.76. The van der Waals surface area contributed by atoms with Crippen molar-refractivity contribution in [2.75, 3.05) is 5.75 Å². The average Bonchev–Trinajstić information content (AvgIpc) is 3.29. The molecule has 31 heavy (non-hydrogen) atoms. The number of hydrogen-bond acceptors (Lipinski definition) is 9. The number of nitrogens with zero attached hydrogens (tertiary/aromatic N) is 4. The summed E-state index contributed by atoms with van der Waals surface area (Å²) in [4.78, 5) is 38.6. The predicted molar refractivity (Wildman–Crippen MR) is 113 cm³/mol. The van der Waals surface area contributed by atoms with Crippen LogP contribution in [0.15, 0.2) is 46.8 Å². The van der Waals surface area contributed by atoms with Gasteiger partial charge in [0, 0.05) is 11.0 Å². The van der Waals surface area contributed by atoms with Crippen LogP contribution in [0.2, 0.25) is 0 Å². The van der Waals surface area contributed by atoms with Gasteiger partial charge >= 0.3 is 5.97 Å². The Morgan fingerprint density at radius 1 is 1.39 bits per heavy atom. The van der Waals surface area contributed by atoms with E-state index in [1.165, 1.54) is 28.4 Å². The van der Waals surface area contributed by atoms with Crippen molar-refractivity contribution in [3.8, 4) is 0 Å². The van der Waals surface area contributed by atoms with E-state index in [-0.39, 0.29) is 10.9 Å². The van der Waals surface area contributed by atoms with E-state index < -0.39 is 35.2 Å². The fraction of sp³-hybridized carbons (Fsp3) is 0.333. The highest BCUT2D eigenvalue weighted by Crippen LogP contribution is 2.43. The molecule has 0 aliphatic carbocycles. The summed E-state index contributed by atoms with van der Waals surface area (Å²) in [5.41, 5.74) is 7.17. The third-order valence-electron chi connectivity index (χ3n) is 5.04. The zero-order valence-corrected chi connectivity index (χ0v) is 17.9. The standard InChI is InChI=1S/C18H19N7O4S2/c1-8(31-18-21-23-24-22-18)10-7-30-16-12(15(27)25(16)13(10)17(28)29)20-14(26)11(19)9-5-3-2-4-6-9/h2-6,8,11-12,16H,7,19H2,1H3,(H,20,26)(H,28,29)(H,21,22,23,24)/t8?,11?,12?,16-/m0/s1. The fourth-order valence-electron chi connectivity index (χ4n) is 3.45. The summed E-state index contributed by atoms with van der Waals surface area (Å²) >= 11 is 2.67. The number of nitrogens with two attached hydrogens (primary N) is 1. The van der Waals surface area contributed by atoms with Gasteiger partial charge in [0.15, 0.2) is 0 Å². The van der Waals surface area contributed by atoms with E-state index in [1.54, 1.807) is 24.3 Å². The number of aromatic amines is 1. The van der Waals surface area contributed by atoms with Crippen molar-refractivity contribution in [2.24, 2.45) is 5.73 Å². The van der Waals surface area contributed by atoms with E-state index >= 15 is 0 Å². The zero-order chi connectivity index (χ0) is 22.1. The number of tetrazole rings is 1. The first-order chi connectivity index (χ1) is 14.9. The van der Waals surface area contributed by atoms with Crippen LogP contribution in [0.4, 0.5) is 0 Å². The molecule has 1 saturated heterocycles. The number of β-lactam (4-membered cyclic amide) rings is 1. The lowest BCUT2D eigenvalue weighted by Gasteiger charge is -2.50. The topological polar surface area (TPSA) is 167 Å². The Hall–Kier alpha value is -2.90. The van der Waals surface area contributed by atoms with Crippen molar-refractivity contribution >= 4 is 41.3 Å². The normalized spacial score (nSPS) is 22.4. The summed E-state index contributed by atoms with van der Waals surface area (Å²) in [6.07, 6.45) is 0. The summed E-state index contributed by atoms with van der Waals surface area (Å²) in [7, 11) is 0. The van der Waals surface area contributed by atoms with Crippen LogP contribution in [0.1, 0.15) is 18.5 Å². The Labute approximate surface area is 185 Å². The molecule has 3 heterocycles. The third-order valence-corrected chi connectivity index (χ3v) is 7.38. The van der Waals surface area contributed by atoms with E-state index in [2.05, 4.69) is 25.9 Å². The lowest BCUT2D eigenvalue weighted by Crippen LogP contribution is -2.71. The van der Waals surface area contributed by atoms with Gasteiger partial charge in [0.05, 0.1) is 0 Å². The number of fused-ring (bicyclic) bond motifs is 1. The Balaban J connectivity index is 1.49. The van der Waals surface area contributed by atoms with Gasteiger partial charge in [0.1, 0.15) is 23.2 Å². The second-order valence-corrected chi connectivity index (χ2v) is 9.36. The number of nitrogens with one attached hydrogen (secondary N) is 2. The molecule has 2 aromatic rings. The van der Waals surface area contributed by atoms with Gasteiger partial charge in [0.2, 0.25) is 11.1 Å². The average molecular weight is 462 g/mol. The molecule has 4 atom stereocenters. The number of thioether (sulfide) groups is 2. The second-order valence-electron chi connectivity index (χ2n) is 6.93. The number of amides is 2. The smallest absolute Gasteiger partial charge is 0.352 e. The van der Waals surface area contributed by atoms with Crippen LogP contribution < -0.4 is 11.1 Å². The monoisotopic (exact) mass is 461 g/mol. The van der Waals surface area contributed by atoms with Crippen molar-refractivity contribution in [3.63, 3.8) is 0 Å². The van der Waals surface area contributed by atoms with Gasteiger partial charge in [-0.25, -0.2) is 9.89 Å². The van der Waals surface area contributed by atoms with Crippen LogP contribution >= 0.6 is 23.5 Å². The van der Waals surface area contributed by atoms with Gasteiger partial charge in [-0.2, -0.15) is 0 Å². The van der Waals surface area contributed by atoms with E-state index in [1.807, 2.05) is 13.0 Å². The van der Waals surface area contributed by atoms with Crippen LogP contribution in [-0.2, 0) is 14.4 Å². The molecule has 13 heteroatoms. The molecule has 0 radical (unpaired) electrons. The number of H-pyrrole nitrogens is 1. The lowest BCUT2D eigenvalue weighted by molar-refractivity contribution is -0.150. The van der Waals surface area contributed by atoms with Crippen LogP contribution in [-0.4, -0.2) is 70.8 Å². The number of carboxylic acid groups (broad SMARTS) is 1. The number of aromatic nitrogens is 4. The summed E-state index contributed by atoms with van der Waals surface area (Å²) in [5, 5.41) is 25.6. The molecule has 0 spiro atoms. The summed E-state index contributed by atoms with van der Waals surface area (Å²) in [6, 6.07) is 7.07. The molecular formula is C18H19N7O4S2. The highest BCUT2D eigenvalue weighted by atomic mass is 32.2. The lowest BCUT2D eigenvalue weighted by atomic mass is 10.0. The van der Waals surface area contributed by atoms with Crippen molar-refractivity contribution in [2.45, 2.75) is 34.8 Å². The largest absolute Gasteiger partial charge is 0.477 e. The first kappa shape index (κ1) is 21.3. The molecule has 0 saturated carbocycles. The summed E-state index contributed by atoms with van der Waals surface area (Å²) in [6.45, 7) is 1.83. The minimum Gasteiger partial charge on any atom is -0.477 e. The van der Waals surface area contributed by atoms with Crippen LogP contribution in [0.3, 0.4) is 0 Å². The molecule has 1 aromatic heterocycles. The maximum atomic E-state index is 12.8. The number of carbonyl (C=O) groups is 3. The van der Waals surface area contributed by atoms with E-state index in [4.69, 9.17) is 5.73 Å². The molecular weight excluding hydrogens is 442 g/mol. The fourth-order valence-corrected chi connectivity index (χ4v) is 5.87. The van der Waals surface area contributed by atoms with Crippen LogP contribution in [0, 0.1) is 0 Å². The predicted octanol–water partition coefficient (Wildman–Crippen LogP) is 0.119. The third kappa shape index (κ3) is 4.03. The maximum Gasteiger partial charge on any atom is 0.352 e. The second kappa shape index (κ2) is 8.69. The molecule has 3 unspecified atom stereocenters. The van der Waals surface area contributed by atoms with Gasteiger partial charge < -0.3 is 16.2 Å². The van der Waals surface area contributed by atoms with Crippen molar-refractivity contribution < 1.29 is 19.5 Å². The quantitative estimate of drug-likeness (QED) is 0.328. The Kier molecular flexibility index (Phi) is 5.98. The van der Waals surface area contributed by atoms with Crippen molar-refractivity contribution in [1.82, 2.24) is 30.8 Å². The SMILES string of the molecule is CC(Sc1nnn[nH]1)C1=C(C(=O)O)N2C(=O)C(NC(=O)C(N)c3ccccc3)[C@@H]2SC1. The van der Waals surface area contributed by atoms with Gasteiger partial charge in [-0.15, -0.1) is 16.9 Å². The van der Waals surface area contributed by atoms with Gasteiger partial charge in [-0.05, 0) is 28.5 Å². The summed E-state index contributed by atoms with van der Waals surface area (Å²) < 4.78 is 0. The zero-order valence-electron chi connectivity index (χ0n) is 16.3. The molecule has 2 aliphatic rings. The van der Waals surface area contributed by atoms with Gasteiger partial charge in [-0.1, -0.05) is 42.1 Å². The molecule has 1 aromatic carbocycles. The molecule has 4 rings (SSSR count). The minimum absolute atomic E-state index is 0.0564. The molecule has 2 aliphatic heterocycles. The van der Waals surface area contributed by atoms with E-state index in [0.29, 0.717) is 22.0 Å². The molecule has 1 fully saturated rings. The van der Waals surface area contributed by atoms with E-state index in [0.717, 1.165) is 0 Å². The molecule has 5 N–H and O–H groups in total. The highest BCUT2D eigenvalue weighted by Gasteiger charge is 2.54. The number of carboxylic acids is 1. The van der Waals surface area contributed by atoms with Gasteiger partial charge in [-0.3, -0.25) is 14.5 Å². The first-order valence-corrected chi connectivity index (χ1v) is 11.2. The number of carbonyl (C=O) groups excluding carboxylic acids is 2. The van der Waals surface area contributed by atoms with Crippen LogP contribution in [0.25, 0.3) is 0 Å². The minimum atomic E-state index is -1.19. The molecule has 162 valence electrons.